The summed E-state index contributed by atoms with van der Waals surface area (Å²) >= 11 is 0. The van der Waals surface area contributed by atoms with Gasteiger partial charge in [0.1, 0.15) is 5.82 Å². The van der Waals surface area contributed by atoms with Crippen molar-refractivity contribution in [2.24, 2.45) is 11.8 Å². The zero-order chi connectivity index (χ0) is 13.7. The molecule has 0 aliphatic carbocycles. The van der Waals surface area contributed by atoms with E-state index >= 15 is 0 Å². The topological polar surface area (TPSA) is 115 Å². The number of nitro groups is 1. The van der Waals surface area contributed by atoms with Gasteiger partial charge in [-0.15, -0.1) is 0 Å². The molecule has 1 saturated heterocycles. The summed E-state index contributed by atoms with van der Waals surface area (Å²) in [6.45, 7) is 2.13. The Kier molecular flexibility index (Phi) is 4.48. The molecule has 1 aromatic rings. The minimum atomic E-state index is -0.459. The van der Waals surface area contributed by atoms with E-state index in [4.69, 9.17) is 10.6 Å². The summed E-state index contributed by atoms with van der Waals surface area (Å²) in [6.07, 6.45) is 1.91. The van der Waals surface area contributed by atoms with Crippen molar-refractivity contribution in [3.8, 4) is 0 Å². The molecule has 2 heterocycles. The first-order chi connectivity index (χ1) is 9.20. The van der Waals surface area contributed by atoms with Gasteiger partial charge in [-0.25, -0.2) is 10.8 Å². The Morgan fingerprint density at radius 2 is 2.21 bits per heavy atom. The predicted octanol–water partition coefficient (Wildman–Crippen LogP) is 1.11. The lowest BCUT2D eigenvalue weighted by Crippen LogP contribution is -2.23. The lowest BCUT2D eigenvalue weighted by molar-refractivity contribution is -0.384. The summed E-state index contributed by atoms with van der Waals surface area (Å²) in [6, 6.07) is 2.85. The van der Waals surface area contributed by atoms with Gasteiger partial charge in [-0.3, -0.25) is 10.1 Å². The molecule has 8 heteroatoms. The molecule has 1 aromatic heterocycles. The number of hydrazine groups is 1. The van der Waals surface area contributed by atoms with Crippen LogP contribution in [0.1, 0.15) is 12.8 Å². The van der Waals surface area contributed by atoms with Crippen molar-refractivity contribution >= 4 is 17.3 Å². The Bertz CT molecular complexity index is 448. The first kappa shape index (κ1) is 13.5. The van der Waals surface area contributed by atoms with Crippen molar-refractivity contribution in [3.63, 3.8) is 0 Å². The van der Waals surface area contributed by atoms with Gasteiger partial charge in [-0.2, -0.15) is 0 Å². The van der Waals surface area contributed by atoms with E-state index in [2.05, 4.69) is 15.7 Å². The summed E-state index contributed by atoms with van der Waals surface area (Å²) in [7, 11) is 0. The van der Waals surface area contributed by atoms with Crippen LogP contribution in [-0.2, 0) is 4.74 Å². The number of ether oxygens (including phenoxy) is 1. The number of nitrogen functional groups attached to an aromatic ring is 1. The van der Waals surface area contributed by atoms with Gasteiger partial charge >= 0.3 is 5.69 Å². The lowest BCUT2D eigenvalue weighted by atomic mass is 10.0. The molecule has 0 unspecified atom stereocenters. The molecule has 0 bridgehead atoms. The van der Waals surface area contributed by atoms with Crippen LogP contribution in [0.4, 0.5) is 17.3 Å². The smallest absolute Gasteiger partial charge is 0.311 e. The van der Waals surface area contributed by atoms with Crippen LogP contribution in [0, 0.1) is 16.0 Å². The zero-order valence-corrected chi connectivity index (χ0v) is 10.5. The normalized spacial score (nSPS) is 16.1. The highest BCUT2D eigenvalue weighted by molar-refractivity contribution is 5.59. The third-order valence-electron chi connectivity index (χ3n) is 3.12. The molecule has 2 rings (SSSR count). The fourth-order valence-electron chi connectivity index (χ4n) is 2.00. The Labute approximate surface area is 110 Å². The summed E-state index contributed by atoms with van der Waals surface area (Å²) in [5.41, 5.74) is 2.33. The van der Waals surface area contributed by atoms with Crippen LogP contribution in [-0.4, -0.2) is 29.7 Å². The SMILES string of the molecule is NNc1ccc([N+](=O)[O-])c(NCC2CCOCC2)n1. The highest BCUT2D eigenvalue weighted by Gasteiger charge is 2.18. The van der Waals surface area contributed by atoms with Gasteiger partial charge in [0, 0.05) is 25.8 Å². The van der Waals surface area contributed by atoms with E-state index in [1.54, 1.807) is 0 Å². The molecule has 1 fully saturated rings. The summed E-state index contributed by atoms with van der Waals surface area (Å²) in [5.74, 6) is 6.34. The van der Waals surface area contributed by atoms with E-state index < -0.39 is 4.92 Å². The monoisotopic (exact) mass is 267 g/mol. The second-order valence-electron chi connectivity index (χ2n) is 4.40. The van der Waals surface area contributed by atoms with E-state index in [1.165, 1.54) is 12.1 Å². The Balaban J connectivity index is 2.06. The van der Waals surface area contributed by atoms with E-state index in [0.717, 1.165) is 26.1 Å². The molecule has 4 N–H and O–H groups in total. The van der Waals surface area contributed by atoms with Crippen LogP contribution < -0.4 is 16.6 Å². The van der Waals surface area contributed by atoms with Gasteiger partial charge in [0.25, 0.3) is 0 Å². The summed E-state index contributed by atoms with van der Waals surface area (Å²) in [5, 5.41) is 14.0. The highest BCUT2D eigenvalue weighted by atomic mass is 16.6. The largest absolute Gasteiger partial charge is 0.381 e. The molecule has 1 aliphatic rings. The van der Waals surface area contributed by atoms with E-state index in [-0.39, 0.29) is 11.5 Å². The Morgan fingerprint density at radius 3 is 2.84 bits per heavy atom. The van der Waals surface area contributed by atoms with Gasteiger partial charge in [-0.1, -0.05) is 0 Å². The number of nitrogens with zero attached hydrogens (tertiary/aromatic N) is 2. The van der Waals surface area contributed by atoms with Crippen LogP contribution in [0.15, 0.2) is 12.1 Å². The maximum Gasteiger partial charge on any atom is 0.311 e. The number of pyridine rings is 1. The number of anilines is 2. The molecular formula is C11H17N5O3. The molecule has 19 heavy (non-hydrogen) atoms. The summed E-state index contributed by atoms with van der Waals surface area (Å²) < 4.78 is 5.27. The number of aromatic nitrogens is 1. The van der Waals surface area contributed by atoms with Crippen LogP contribution in [0.25, 0.3) is 0 Å². The van der Waals surface area contributed by atoms with Crippen LogP contribution in [0.5, 0.6) is 0 Å². The maximum atomic E-state index is 10.9. The first-order valence-electron chi connectivity index (χ1n) is 6.14. The van der Waals surface area contributed by atoms with Gasteiger partial charge in [-0.05, 0) is 24.8 Å². The number of nitrogens with one attached hydrogen (secondary N) is 2. The second kappa shape index (κ2) is 6.30. The molecule has 1 aliphatic heterocycles. The zero-order valence-electron chi connectivity index (χ0n) is 10.5. The minimum absolute atomic E-state index is 0.0499. The van der Waals surface area contributed by atoms with Crippen molar-refractivity contribution in [1.82, 2.24) is 4.98 Å². The summed E-state index contributed by atoms with van der Waals surface area (Å²) in [4.78, 5) is 14.5. The molecule has 0 spiro atoms. The quantitative estimate of drug-likeness (QED) is 0.416. The fourth-order valence-corrected chi connectivity index (χ4v) is 2.00. The van der Waals surface area contributed by atoms with Gasteiger partial charge in [0.2, 0.25) is 5.82 Å². The van der Waals surface area contributed by atoms with Gasteiger partial charge < -0.3 is 15.5 Å². The van der Waals surface area contributed by atoms with E-state index in [9.17, 15) is 10.1 Å². The average Bonchev–Trinajstić information content (AvgIpc) is 2.45. The predicted molar refractivity (Wildman–Crippen MR) is 70.7 cm³/mol. The van der Waals surface area contributed by atoms with Crippen molar-refractivity contribution in [3.05, 3.63) is 22.2 Å². The molecular weight excluding hydrogens is 250 g/mol. The first-order valence-corrected chi connectivity index (χ1v) is 6.14. The third kappa shape index (κ3) is 3.52. The van der Waals surface area contributed by atoms with Crippen molar-refractivity contribution in [1.29, 1.82) is 0 Å². The minimum Gasteiger partial charge on any atom is -0.381 e. The fraction of sp³-hybridized carbons (Fsp3) is 0.545. The molecule has 0 atom stereocenters. The van der Waals surface area contributed by atoms with Crippen LogP contribution in [0.3, 0.4) is 0 Å². The lowest BCUT2D eigenvalue weighted by Gasteiger charge is -2.22. The van der Waals surface area contributed by atoms with Crippen LogP contribution >= 0.6 is 0 Å². The van der Waals surface area contributed by atoms with Gasteiger partial charge in [0.05, 0.1) is 4.92 Å². The molecule has 0 saturated carbocycles. The maximum absolute atomic E-state index is 10.9. The van der Waals surface area contributed by atoms with Gasteiger partial charge in [0.15, 0.2) is 0 Å². The average molecular weight is 267 g/mol. The highest BCUT2D eigenvalue weighted by Crippen LogP contribution is 2.25. The molecule has 0 radical (unpaired) electrons. The Morgan fingerprint density at radius 1 is 1.47 bits per heavy atom. The molecule has 8 nitrogen and oxygen atoms in total. The number of hydrogen-bond donors (Lipinski definition) is 3. The van der Waals surface area contributed by atoms with Crippen molar-refractivity contribution < 1.29 is 9.66 Å². The van der Waals surface area contributed by atoms with E-state index in [0.29, 0.717) is 18.3 Å². The standard InChI is InChI=1S/C11H17N5O3/c12-15-10-2-1-9(16(17)18)11(14-10)13-7-8-3-5-19-6-4-8/h1-2,8H,3-7,12H2,(H2,13,14,15). The number of nitrogens with two attached hydrogens (primary N) is 1. The molecule has 0 amide bonds. The van der Waals surface area contributed by atoms with Crippen LogP contribution in [0.2, 0.25) is 0 Å². The van der Waals surface area contributed by atoms with Crippen molar-refractivity contribution in [2.45, 2.75) is 12.8 Å². The number of hydrogen-bond acceptors (Lipinski definition) is 7. The van der Waals surface area contributed by atoms with Crippen molar-refractivity contribution in [2.75, 3.05) is 30.5 Å². The third-order valence-corrected chi connectivity index (χ3v) is 3.12. The second-order valence-corrected chi connectivity index (χ2v) is 4.40. The van der Waals surface area contributed by atoms with E-state index in [1.807, 2.05) is 0 Å². The molecule has 0 aromatic carbocycles. The Hall–Kier alpha value is -1.93. The molecule has 104 valence electrons. The number of rotatable bonds is 5.